The van der Waals surface area contributed by atoms with Crippen molar-refractivity contribution in [2.75, 3.05) is 28.3 Å². The molecule has 0 saturated carbocycles. The number of hydrogen-bond donors (Lipinski definition) is 1. The van der Waals surface area contributed by atoms with Crippen molar-refractivity contribution in [2.45, 2.75) is 32.4 Å². The average Bonchev–Trinajstić information content (AvgIpc) is 3.12. The molecule has 0 aliphatic carbocycles. The van der Waals surface area contributed by atoms with Crippen LogP contribution < -0.4 is 10.2 Å². The third-order valence-electron chi connectivity index (χ3n) is 5.72. The van der Waals surface area contributed by atoms with Gasteiger partial charge in [-0.2, -0.15) is 0 Å². The monoisotopic (exact) mass is 427 g/mol. The molecule has 2 aliphatic rings. The number of benzene rings is 2. The molecule has 1 N–H and O–H groups in total. The van der Waals surface area contributed by atoms with Gasteiger partial charge in [0.15, 0.2) is 9.84 Å². The van der Waals surface area contributed by atoms with Crippen LogP contribution in [0.4, 0.5) is 16.2 Å². The molecule has 0 aromatic heterocycles. The van der Waals surface area contributed by atoms with Crippen molar-refractivity contribution < 1.29 is 18.0 Å². The molecule has 158 valence electrons. The van der Waals surface area contributed by atoms with E-state index in [9.17, 15) is 18.0 Å². The molecule has 8 heteroatoms. The van der Waals surface area contributed by atoms with Gasteiger partial charge in [-0.15, -0.1) is 0 Å². The zero-order chi connectivity index (χ0) is 21.5. The van der Waals surface area contributed by atoms with Crippen LogP contribution in [-0.2, 0) is 21.1 Å². The zero-order valence-corrected chi connectivity index (χ0v) is 17.9. The van der Waals surface area contributed by atoms with E-state index >= 15 is 0 Å². The Morgan fingerprint density at radius 2 is 1.80 bits per heavy atom. The van der Waals surface area contributed by atoms with Crippen molar-refractivity contribution in [3.8, 4) is 0 Å². The lowest BCUT2D eigenvalue weighted by Crippen LogP contribution is -2.42. The normalized spacial score (nSPS) is 22.3. The fourth-order valence-corrected chi connectivity index (χ4v) is 6.18. The van der Waals surface area contributed by atoms with E-state index in [0.717, 1.165) is 17.5 Å². The van der Waals surface area contributed by atoms with Crippen molar-refractivity contribution in [3.05, 3.63) is 59.7 Å². The first kappa shape index (κ1) is 20.4. The van der Waals surface area contributed by atoms with Gasteiger partial charge in [-0.3, -0.25) is 9.69 Å². The summed E-state index contributed by atoms with van der Waals surface area (Å²) < 4.78 is 24.6. The standard InChI is InChI=1S/C22H25N3O4S/c1-3-16-7-9-18(10-8-16)25-20-14-30(28,29)13-19(20)24(22(25)27)12-21(26)23-17-6-4-5-15(2)11-17/h4-11,19-20H,3,12-14H2,1-2H3,(H,23,26)/t19-,20+/m0/s1. The Labute approximate surface area is 176 Å². The maximum Gasteiger partial charge on any atom is 0.325 e. The van der Waals surface area contributed by atoms with Gasteiger partial charge in [-0.05, 0) is 48.7 Å². The highest BCUT2D eigenvalue weighted by Crippen LogP contribution is 2.35. The first-order chi connectivity index (χ1) is 14.3. The number of carbonyl (C=O) groups excluding carboxylic acids is 2. The first-order valence-corrected chi connectivity index (χ1v) is 11.9. The van der Waals surface area contributed by atoms with Gasteiger partial charge in [0.1, 0.15) is 6.54 Å². The molecular weight excluding hydrogens is 402 g/mol. The number of amides is 3. The van der Waals surface area contributed by atoms with Gasteiger partial charge in [0, 0.05) is 11.4 Å². The minimum atomic E-state index is -3.28. The Balaban J connectivity index is 1.57. The number of fused-ring (bicyclic) bond motifs is 1. The third kappa shape index (κ3) is 3.92. The SMILES string of the molecule is CCc1ccc(N2C(=O)N(CC(=O)Nc3cccc(C)c3)[C@H]3CS(=O)(=O)C[C@H]32)cc1. The summed E-state index contributed by atoms with van der Waals surface area (Å²) in [6.45, 7) is 3.78. The molecule has 0 unspecified atom stereocenters. The van der Waals surface area contributed by atoms with Crippen LogP contribution in [0.5, 0.6) is 0 Å². The number of aryl methyl sites for hydroxylation is 2. The summed E-state index contributed by atoms with van der Waals surface area (Å²) in [6, 6.07) is 13.6. The molecule has 7 nitrogen and oxygen atoms in total. The number of anilines is 2. The van der Waals surface area contributed by atoms with Gasteiger partial charge in [0.2, 0.25) is 5.91 Å². The van der Waals surface area contributed by atoms with Gasteiger partial charge in [-0.25, -0.2) is 13.2 Å². The molecule has 2 heterocycles. The predicted octanol–water partition coefficient (Wildman–Crippen LogP) is 2.60. The first-order valence-electron chi connectivity index (χ1n) is 10.0. The number of urea groups is 1. The highest BCUT2D eigenvalue weighted by atomic mass is 32.2. The summed E-state index contributed by atoms with van der Waals surface area (Å²) in [6.07, 6.45) is 0.875. The summed E-state index contributed by atoms with van der Waals surface area (Å²) in [7, 11) is -3.28. The number of sulfone groups is 1. The third-order valence-corrected chi connectivity index (χ3v) is 7.41. The summed E-state index contributed by atoms with van der Waals surface area (Å²) in [4.78, 5) is 28.8. The molecule has 0 bridgehead atoms. The molecule has 30 heavy (non-hydrogen) atoms. The fourth-order valence-electron chi connectivity index (χ4n) is 4.23. The molecule has 2 aromatic rings. The van der Waals surface area contributed by atoms with Crippen LogP contribution in [0.25, 0.3) is 0 Å². The lowest BCUT2D eigenvalue weighted by molar-refractivity contribution is -0.116. The van der Waals surface area contributed by atoms with E-state index in [0.29, 0.717) is 11.4 Å². The van der Waals surface area contributed by atoms with E-state index in [4.69, 9.17) is 0 Å². The summed E-state index contributed by atoms with van der Waals surface area (Å²) in [5.74, 6) is -0.556. The quantitative estimate of drug-likeness (QED) is 0.743. The Kier molecular flexibility index (Phi) is 5.27. The fraction of sp³-hybridized carbons (Fsp3) is 0.364. The van der Waals surface area contributed by atoms with Crippen LogP contribution in [0.15, 0.2) is 48.5 Å². The van der Waals surface area contributed by atoms with Crippen molar-refractivity contribution in [3.63, 3.8) is 0 Å². The summed E-state index contributed by atoms with van der Waals surface area (Å²) in [5.41, 5.74) is 3.45. The number of rotatable bonds is 5. The summed E-state index contributed by atoms with van der Waals surface area (Å²) >= 11 is 0. The molecule has 2 saturated heterocycles. The minimum Gasteiger partial charge on any atom is -0.325 e. The van der Waals surface area contributed by atoms with Crippen LogP contribution in [0.2, 0.25) is 0 Å². The van der Waals surface area contributed by atoms with Crippen molar-refractivity contribution in [1.29, 1.82) is 0 Å². The second kappa shape index (κ2) is 7.75. The van der Waals surface area contributed by atoms with Gasteiger partial charge in [0.25, 0.3) is 0 Å². The smallest absolute Gasteiger partial charge is 0.325 e. The molecule has 4 rings (SSSR count). The largest absolute Gasteiger partial charge is 0.325 e. The van der Waals surface area contributed by atoms with E-state index in [-0.39, 0.29) is 30.0 Å². The number of nitrogens with zero attached hydrogens (tertiary/aromatic N) is 2. The second-order valence-corrected chi connectivity index (χ2v) is 10.1. The second-order valence-electron chi connectivity index (χ2n) is 7.93. The van der Waals surface area contributed by atoms with Gasteiger partial charge in [0.05, 0.1) is 23.6 Å². The van der Waals surface area contributed by atoms with E-state index in [2.05, 4.69) is 5.32 Å². The van der Waals surface area contributed by atoms with Gasteiger partial charge in [-0.1, -0.05) is 31.2 Å². The minimum absolute atomic E-state index is 0.0884. The Morgan fingerprint density at radius 3 is 2.47 bits per heavy atom. The molecule has 2 aromatic carbocycles. The van der Waals surface area contributed by atoms with E-state index in [1.807, 2.05) is 56.3 Å². The van der Waals surface area contributed by atoms with Crippen LogP contribution in [0, 0.1) is 6.92 Å². The average molecular weight is 428 g/mol. The molecule has 0 radical (unpaired) electrons. The molecule has 2 aliphatic heterocycles. The van der Waals surface area contributed by atoms with E-state index < -0.39 is 21.9 Å². The highest BCUT2D eigenvalue weighted by molar-refractivity contribution is 7.91. The highest BCUT2D eigenvalue weighted by Gasteiger charge is 2.54. The number of hydrogen-bond acceptors (Lipinski definition) is 4. The van der Waals surface area contributed by atoms with Crippen LogP contribution >= 0.6 is 0 Å². The molecule has 3 amide bonds. The van der Waals surface area contributed by atoms with E-state index in [1.165, 1.54) is 9.80 Å². The van der Waals surface area contributed by atoms with Crippen LogP contribution in [-0.4, -0.2) is 55.4 Å². The molecule has 2 fully saturated rings. The maximum absolute atomic E-state index is 13.2. The lowest BCUT2D eigenvalue weighted by Gasteiger charge is -2.22. The Hall–Kier alpha value is -2.87. The molecule has 2 atom stereocenters. The van der Waals surface area contributed by atoms with Gasteiger partial charge >= 0.3 is 6.03 Å². The lowest BCUT2D eigenvalue weighted by atomic mass is 10.1. The maximum atomic E-state index is 13.2. The predicted molar refractivity (Wildman–Crippen MR) is 116 cm³/mol. The van der Waals surface area contributed by atoms with Crippen LogP contribution in [0.3, 0.4) is 0 Å². The number of nitrogens with one attached hydrogen (secondary N) is 1. The molecular formula is C22H25N3O4S. The van der Waals surface area contributed by atoms with Crippen LogP contribution in [0.1, 0.15) is 18.1 Å². The Bertz CT molecular complexity index is 1080. The topological polar surface area (TPSA) is 86.8 Å². The van der Waals surface area contributed by atoms with Crippen molar-refractivity contribution in [2.24, 2.45) is 0 Å². The summed E-state index contributed by atoms with van der Waals surface area (Å²) in [5, 5.41) is 2.80. The van der Waals surface area contributed by atoms with E-state index in [1.54, 1.807) is 6.07 Å². The van der Waals surface area contributed by atoms with Gasteiger partial charge < -0.3 is 10.2 Å². The molecule has 0 spiro atoms. The van der Waals surface area contributed by atoms with Crippen molar-refractivity contribution in [1.82, 2.24) is 4.90 Å². The number of carbonyl (C=O) groups is 2. The van der Waals surface area contributed by atoms with Crippen molar-refractivity contribution >= 4 is 33.2 Å². The zero-order valence-electron chi connectivity index (χ0n) is 17.0. The Morgan fingerprint density at radius 1 is 1.10 bits per heavy atom.